The van der Waals surface area contributed by atoms with Gasteiger partial charge in [-0.3, -0.25) is 9.88 Å². The fourth-order valence-corrected chi connectivity index (χ4v) is 6.41. The summed E-state index contributed by atoms with van der Waals surface area (Å²) in [5, 5.41) is 4.68. The highest BCUT2D eigenvalue weighted by Gasteiger charge is 2.45. The van der Waals surface area contributed by atoms with Crippen molar-refractivity contribution in [3.05, 3.63) is 23.7 Å². The lowest BCUT2D eigenvalue weighted by Crippen LogP contribution is -2.51. The van der Waals surface area contributed by atoms with Crippen LogP contribution in [0.1, 0.15) is 63.8 Å². The Morgan fingerprint density at radius 3 is 2.50 bits per heavy atom. The van der Waals surface area contributed by atoms with E-state index in [-0.39, 0.29) is 5.54 Å². The van der Waals surface area contributed by atoms with E-state index < -0.39 is 0 Å². The summed E-state index contributed by atoms with van der Waals surface area (Å²) < 4.78 is 6.37. The molecule has 0 radical (unpaired) electrons. The van der Waals surface area contributed by atoms with Gasteiger partial charge in [0.05, 0.1) is 22.1 Å². The van der Waals surface area contributed by atoms with E-state index >= 15 is 0 Å². The maximum absolute atomic E-state index is 6.37. The van der Waals surface area contributed by atoms with Crippen molar-refractivity contribution in [3.63, 3.8) is 0 Å². The second kappa shape index (κ2) is 9.66. The molecule has 2 atom stereocenters. The molecule has 0 aromatic carbocycles. The van der Waals surface area contributed by atoms with Gasteiger partial charge in [-0.05, 0) is 76.9 Å². The molecule has 2 aromatic rings. The number of aromatic nitrogens is 3. The Morgan fingerprint density at radius 1 is 1.12 bits per heavy atom. The van der Waals surface area contributed by atoms with Gasteiger partial charge in [0, 0.05) is 30.9 Å². The first-order valence-corrected chi connectivity index (χ1v) is 13.1. The maximum atomic E-state index is 6.37. The molecule has 2 bridgehead atoms. The summed E-state index contributed by atoms with van der Waals surface area (Å²) in [5.74, 6) is 0.927. The van der Waals surface area contributed by atoms with E-state index in [9.17, 15) is 0 Å². The zero-order valence-corrected chi connectivity index (χ0v) is 20.9. The quantitative estimate of drug-likeness (QED) is 0.695. The third-order valence-electron chi connectivity index (χ3n) is 7.85. The topological polar surface area (TPSA) is 92.4 Å². The van der Waals surface area contributed by atoms with E-state index in [4.69, 9.17) is 25.4 Å². The number of nitrogens with zero attached hydrogens (tertiary/aromatic N) is 5. The van der Waals surface area contributed by atoms with Crippen molar-refractivity contribution < 1.29 is 4.74 Å². The van der Waals surface area contributed by atoms with Crippen LogP contribution >= 0.6 is 0 Å². The van der Waals surface area contributed by atoms with Crippen molar-refractivity contribution in [1.29, 1.82) is 0 Å². The molecular formula is C26H39N7O. The average Bonchev–Trinajstić information content (AvgIpc) is 3.52. The summed E-state index contributed by atoms with van der Waals surface area (Å²) in [5.41, 5.74) is 8.56. The molecule has 2 unspecified atom stereocenters. The van der Waals surface area contributed by atoms with Crippen molar-refractivity contribution in [2.24, 2.45) is 5.73 Å². The predicted octanol–water partition coefficient (Wildman–Crippen LogP) is 3.24. The van der Waals surface area contributed by atoms with Crippen LogP contribution < -0.4 is 20.7 Å². The summed E-state index contributed by atoms with van der Waals surface area (Å²) in [6.45, 7) is 10.9. The van der Waals surface area contributed by atoms with Crippen LogP contribution in [0.5, 0.6) is 6.01 Å². The fourth-order valence-electron chi connectivity index (χ4n) is 6.41. The average molecular weight is 466 g/mol. The standard InChI is InChI=1S/C24H33N7O.C2H6/c1-16-12-20-21(19(26-16)6-9-25)22(30-13-17-4-5-18(14-30)27-17)29-23(28-20)32-15-24-7-2-10-31(24)11-3-8-24;1-2/h6,9,12,17-18,27H,2-5,7-8,10-11,13-15,25H2,1H3;1-2H3/b9-6-;. The highest BCUT2D eigenvalue weighted by molar-refractivity contribution is 5.96. The summed E-state index contributed by atoms with van der Waals surface area (Å²) >= 11 is 0. The zero-order chi connectivity index (χ0) is 23.7. The Balaban J connectivity index is 0.00000117. The number of nitrogens with one attached hydrogen (secondary N) is 1. The molecule has 8 heteroatoms. The van der Waals surface area contributed by atoms with Crippen LogP contribution in [0.2, 0.25) is 0 Å². The molecule has 0 aliphatic carbocycles. The molecule has 34 heavy (non-hydrogen) atoms. The van der Waals surface area contributed by atoms with Crippen molar-refractivity contribution in [3.8, 4) is 6.01 Å². The van der Waals surface area contributed by atoms with Gasteiger partial charge in [-0.1, -0.05) is 13.8 Å². The van der Waals surface area contributed by atoms with Crippen LogP contribution in [-0.2, 0) is 0 Å². The molecule has 3 N–H and O–H groups in total. The van der Waals surface area contributed by atoms with Gasteiger partial charge in [0.2, 0.25) is 0 Å². The van der Waals surface area contributed by atoms with E-state index in [1.165, 1.54) is 51.6 Å². The Morgan fingerprint density at radius 2 is 1.82 bits per heavy atom. The van der Waals surface area contributed by atoms with Gasteiger partial charge < -0.3 is 20.7 Å². The minimum absolute atomic E-state index is 0.175. The van der Waals surface area contributed by atoms with E-state index in [1.807, 2.05) is 32.9 Å². The number of aryl methyl sites for hydroxylation is 1. The minimum atomic E-state index is 0.175. The molecule has 8 nitrogen and oxygen atoms in total. The van der Waals surface area contributed by atoms with Crippen LogP contribution in [0, 0.1) is 6.92 Å². The van der Waals surface area contributed by atoms with Crippen LogP contribution in [0.3, 0.4) is 0 Å². The minimum Gasteiger partial charge on any atom is -0.461 e. The molecule has 6 heterocycles. The van der Waals surface area contributed by atoms with Gasteiger partial charge in [0.15, 0.2) is 0 Å². The monoisotopic (exact) mass is 465 g/mol. The van der Waals surface area contributed by atoms with Crippen LogP contribution in [0.25, 0.3) is 17.0 Å². The SMILES string of the molecule is CC.Cc1cc2nc(OCC34CCCN3CCC4)nc(N3CC4CCC(C3)N4)c2c(/C=C\N)n1. The maximum Gasteiger partial charge on any atom is 0.319 e. The molecule has 4 fully saturated rings. The third kappa shape index (κ3) is 4.22. The number of pyridine rings is 1. The first-order chi connectivity index (χ1) is 16.6. The zero-order valence-electron chi connectivity index (χ0n) is 20.9. The molecule has 4 aliphatic rings. The number of anilines is 1. The first-order valence-electron chi connectivity index (χ1n) is 13.1. The van der Waals surface area contributed by atoms with E-state index in [2.05, 4.69) is 15.1 Å². The summed E-state index contributed by atoms with van der Waals surface area (Å²) in [4.78, 5) is 19.6. The van der Waals surface area contributed by atoms with Gasteiger partial charge in [0.25, 0.3) is 0 Å². The summed E-state index contributed by atoms with van der Waals surface area (Å²) in [6, 6.07) is 3.55. The Bertz CT molecular complexity index is 1030. The first kappa shape index (κ1) is 23.3. The fraction of sp³-hybridized carbons (Fsp3) is 0.654. The number of piperazine rings is 1. The van der Waals surface area contributed by atoms with Crippen LogP contribution in [0.4, 0.5) is 5.82 Å². The molecule has 4 saturated heterocycles. The molecular weight excluding hydrogens is 426 g/mol. The van der Waals surface area contributed by atoms with Gasteiger partial charge in [-0.2, -0.15) is 9.97 Å². The van der Waals surface area contributed by atoms with Gasteiger partial charge in [-0.15, -0.1) is 0 Å². The highest BCUT2D eigenvalue weighted by Crippen LogP contribution is 2.39. The number of rotatable bonds is 5. The summed E-state index contributed by atoms with van der Waals surface area (Å²) in [7, 11) is 0. The lowest BCUT2D eigenvalue weighted by atomic mass is 9.95. The highest BCUT2D eigenvalue weighted by atomic mass is 16.5. The molecule has 2 aromatic heterocycles. The van der Waals surface area contributed by atoms with E-state index in [0.717, 1.165) is 41.2 Å². The van der Waals surface area contributed by atoms with Gasteiger partial charge >= 0.3 is 6.01 Å². The number of nitrogens with two attached hydrogens (primary N) is 1. The number of hydrogen-bond donors (Lipinski definition) is 2. The Hall–Kier alpha value is -2.45. The van der Waals surface area contributed by atoms with Gasteiger partial charge in [-0.25, -0.2) is 0 Å². The Kier molecular flexibility index (Phi) is 6.62. The number of fused-ring (bicyclic) bond motifs is 4. The van der Waals surface area contributed by atoms with Crippen molar-refractivity contribution in [2.45, 2.75) is 76.9 Å². The van der Waals surface area contributed by atoms with Crippen LogP contribution in [-0.4, -0.2) is 70.3 Å². The lowest BCUT2D eigenvalue weighted by Gasteiger charge is -2.35. The van der Waals surface area contributed by atoms with Gasteiger partial charge in [0.1, 0.15) is 12.4 Å². The van der Waals surface area contributed by atoms with E-state index in [0.29, 0.717) is 24.7 Å². The number of ether oxygens (including phenoxy) is 1. The molecule has 0 amide bonds. The number of hydrogen-bond acceptors (Lipinski definition) is 8. The molecule has 0 spiro atoms. The molecule has 0 saturated carbocycles. The smallest absolute Gasteiger partial charge is 0.319 e. The second-order valence-electron chi connectivity index (χ2n) is 9.98. The van der Waals surface area contributed by atoms with Crippen molar-refractivity contribution in [2.75, 3.05) is 37.7 Å². The molecule has 184 valence electrons. The normalized spacial score (nSPS) is 25.6. The van der Waals surface area contributed by atoms with Crippen LogP contribution in [0.15, 0.2) is 12.3 Å². The lowest BCUT2D eigenvalue weighted by molar-refractivity contribution is 0.108. The largest absolute Gasteiger partial charge is 0.461 e. The van der Waals surface area contributed by atoms with Crippen molar-refractivity contribution in [1.82, 2.24) is 25.2 Å². The summed E-state index contributed by atoms with van der Waals surface area (Å²) in [6.07, 6.45) is 10.8. The second-order valence-corrected chi connectivity index (χ2v) is 9.98. The van der Waals surface area contributed by atoms with E-state index in [1.54, 1.807) is 6.20 Å². The third-order valence-corrected chi connectivity index (χ3v) is 7.85. The molecule has 4 aliphatic heterocycles. The molecule has 6 rings (SSSR count). The van der Waals surface area contributed by atoms with Crippen molar-refractivity contribution >= 4 is 22.8 Å². The predicted molar refractivity (Wildman–Crippen MR) is 137 cm³/mol. The Labute approximate surface area is 203 Å².